The van der Waals surface area contributed by atoms with Crippen LogP contribution in [0.1, 0.15) is 24.8 Å². The summed E-state index contributed by atoms with van der Waals surface area (Å²) in [7, 11) is 0. The van der Waals surface area contributed by atoms with E-state index < -0.39 is 12.0 Å². The predicted octanol–water partition coefficient (Wildman–Crippen LogP) is 1.57. The fourth-order valence-electron chi connectivity index (χ4n) is 3.11. The van der Waals surface area contributed by atoms with Gasteiger partial charge < -0.3 is 5.32 Å². The second-order valence-corrected chi connectivity index (χ2v) is 6.35. The van der Waals surface area contributed by atoms with E-state index in [4.69, 9.17) is 0 Å². The van der Waals surface area contributed by atoms with Crippen molar-refractivity contribution in [3.8, 4) is 0 Å². The second-order valence-electron chi connectivity index (χ2n) is 6.35. The molecule has 1 aromatic carbocycles. The number of rotatable bonds is 5. The molecule has 0 unspecified atom stereocenters. The Morgan fingerprint density at radius 3 is 2.65 bits per heavy atom. The third-order valence-corrected chi connectivity index (χ3v) is 4.65. The number of halogens is 1. The fraction of sp³-hybridized carbons (Fsp3) is 0.562. The number of nitro groups is 1. The number of benzene rings is 1. The number of piperidine rings is 1. The van der Waals surface area contributed by atoms with E-state index in [1.54, 1.807) is 12.1 Å². The zero-order valence-electron chi connectivity index (χ0n) is 12.8. The standard InChI is InChI=1S/C16H20FN3O3/c17-14-4-2-1-3-11(14)10-19-7-5-12(6-8-19)18-16(21)13-9-15(13)20(22)23/h1-4,12-13,15H,5-10H2,(H,18,21)/t13-,15+/m1/s1. The van der Waals surface area contributed by atoms with Gasteiger partial charge in [0.15, 0.2) is 0 Å². The lowest BCUT2D eigenvalue weighted by atomic mass is 10.0. The molecule has 1 aromatic rings. The normalized spacial score (nSPS) is 25.1. The van der Waals surface area contributed by atoms with Gasteiger partial charge in [-0.2, -0.15) is 0 Å². The first-order chi connectivity index (χ1) is 11.0. The van der Waals surface area contributed by atoms with E-state index in [-0.39, 0.29) is 22.7 Å². The summed E-state index contributed by atoms with van der Waals surface area (Å²) in [6, 6.07) is 6.12. The molecular formula is C16H20FN3O3. The molecule has 1 heterocycles. The number of carbonyl (C=O) groups is 1. The van der Waals surface area contributed by atoms with Gasteiger partial charge in [0.25, 0.3) is 0 Å². The van der Waals surface area contributed by atoms with Crippen molar-refractivity contribution < 1.29 is 14.1 Å². The molecule has 1 N–H and O–H groups in total. The van der Waals surface area contributed by atoms with Gasteiger partial charge in [-0.1, -0.05) is 18.2 Å². The van der Waals surface area contributed by atoms with Crippen LogP contribution in [0.25, 0.3) is 0 Å². The molecule has 124 valence electrons. The zero-order chi connectivity index (χ0) is 16.4. The quantitative estimate of drug-likeness (QED) is 0.660. The minimum atomic E-state index is -0.698. The summed E-state index contributed by atoms with van der Waals surface area (Å²) in [6.07, 6.45) is 1.93. The van der Waals surface area contributed by atoms with Gasteiger partial charge in [-0.15, -0.1) is 0 Å². The van der Waals surface area contributed by atoms with Crippen molar-refractivity contribution in [2.45, 2.75) is 37.9 Å². The molecule has 1 amide bonds. The summed E-state index contributed by atoms with van der Waals surface area (Å²) >= 11 is 0. The van der Waals surface area contributed by atoms with Crippen molar-refractivity contribution >= 4 is 5.91 Å². The summed E-state index contributed by atoms with van der Waals surface area (Å²) in [5, 5.41) is 13.5. The Labute approximate surface area is 133 Å². The SMILES string of the molecule is O=C(NC1CCN(Cc2ccccc2F)CC1)[C@@H]1C[C@@H]1[N+](=O)[O-]. The molecule has 23 heavy (non-hydrogen) atoms. The van der Waals surface area contributed by atoms with E-state index in [0.29, 0.717) is 18.5 Å². The monoisotopic (exact) mass is 321 g/mol. The summed E-state index contributed by atoms with van der Waals surface area (Å²) in [5.74, 6) is -0.844. The molecule has 1 aliphatic carbocycles. The van der Waals surface area contributed by atoms with E-state index in [2.05, 4.69) is 10.2 Å². The molecule has 2 aliphatic rings. The number of nitrogens with zero attached hydrogens (tertiary/aromatic N) is 2. The molecule has 1 saturated heterocycles. The fourth-order valence-corrected chi connectivity index (χ4v) is 3.11. The van der Waals surface area contributed by atoms with Crippen LogP contribution in [0.3, 0.4) is 0 Å². The highest BCUT2D eigenvalue weighted by Crippen LogP contribution is 2.33. The Hall–Kier alpha value is -2.02. The van der Waals surface area contributed by atoms with E-state index in [1.807, 2.05) is 6.07 Å². The first kappa shape index (κ1) is 15.9. The average Bonchev–Trinajstić information content (AvgIpc) is 3.32. The van der Waals surface area contributed by atoms with Crippen LogP contribution in [0.5, 0.6) is 0 Å². The van der Waals surface area contributed by atoms with Gasteiger partial charge in [-0.25, -0.2) is 4.39 Å². The van der Waals surface area contributed by atoms with Crippen molar-refractivity contribution in [2.75, 3.05) is 13.1 Å². The van der Waals surface area contributed by atoms with E-state index in [9.17, 15) is 19.3 Å². The van der Waals surface area contributed by atoms with E-state index in [1.165, 1.54) is 6.07 Å². The smallest absolute Gasteiger partial charge is 0.230 e. The summed E-state index contributed by atoms with van der Waals surface area (Å²) in [5.41, 5.74) is 0.682. The summed E-state index contributed by atoms with van der Waals surface area (Å²) in [4.78, 5) is 24.3. The molecular weight excluding hydrogens is 301 g/mol. The Balaban J connectivity index is 1.43. The van der Waals surface area contributed by atoms with Crippen LogP contribution in [0.15, 0.2) is 24.3 Å². The van der Waals surface area contributed by atoms with Crippen molar-refractivity contribution in [3.63, 3.8) is 0 Å². The molecule has 1 saturated carbocycles. The maximum atomic E-state index is 13.7. The van der Waals surface area contributed by atoms with Crippen LogP contribution < -0.4 is 5.32 Å². The van der Waals surface area contributed by atoms with Crippen LogP contribution in [-0.2, 0) is 11.3 Å². The Bertz CT molecular complexity index is 602. The van der Waals surface area contributed by atoms with Crippen molar-refractivity contribution in [1.82, 2.24) is 10.2 Å². The van der Waals surface area contributed by atoms with E-state index >= 15 is 0 Å². The predicted molar refractivity (Wildman–Crippen MR) is 81.7 cm³/mol. The van der Waals surface area contributed by atoms with Crippen molar-refractivity contribution in [2.24, 2.45) is 5.92 Å². The van der Waals surface area contributed by atoms with Gasteiger partial charge in [0, 0.05) is 42.6 Å². The number of hydrogen-bond donors (Lipinski definition) is 1. The first-order valence-electron chi connectivity index (χ1n) is 7.94. The summed E-state index contributed by atoms with van der Waals surface area (Å²) in [6.45, 7) is 2.13. The molecule has 0 radical (unpaired) electrons. The van der Waals surface area contributed by atoms with Gasteiger partial charge in [0.05, 0.1) is 0 Å². The van der Waals surface area contributed by atoms with E-state index in [0.717, 1.165) is 25.9 Å². The van der Waals surface area contributed by atoms with Crippen LogP contribution >= 0.6 is 0 Å². The Kier molecular flexibility index (Phi) is 4.56. The van der Waals surface area contributed by atoms with Crippen LogP contribution in [0, 0.1) is 21.8 Å². The molecule has 3 rings (SSSR count). The molecule has 6 nitrogen and oxygen atoms in total. The Morgan fingerprint density at radius 2 is 2.04 bits per heavy atom. The molecule has 7 heteroatoms. The molecule has 0 bridgehead atoms. The van der Waals surface area contributed by atoms with Gasteiger partial charge in [0.1, 0.15) is 11.7 Å². The maximum Gasteiger partial charge on any atom is 0.230 e. The Morgan fingerprint density at radius 1 is 1.35 bits per heavy atom. The van der Waals surface area contributed by atoms with Crippen molar-refractivity contribution in [3.05, 3.63) is 45.8 Å². The van der Waals surface area contributed by atoms with Crippen LogP contribution in [0.4, 0.5) is 4.39 Å². The minimum Gasteiger partial charge on any atom is -0.353 e. The third-order valence-electron chi connectivity index (χ3n) is 4.65. The van der Waals surface area contributed by atoms with Crippen molar-refractivity contribution in [1.29, 1.82) is 0 Å². The maximum absolute atomic E-state index is 13.7. The summed E-state index contributed by atoms with van der Waals surface area (Å²) < 4.78 is 13.7. The topological polar surface area (TPSA) is 75.5 Å². The number of amides is 1. The number of nitrogens with one attached hydrogen (secondary N) is 1. The van der Waals surface area contributed by atoms with Crippen LogP contribution in [-0.4, -0.2) is 40.9 Å². The highest BCUT2D eigenvalue weighted by atomic mass is 19.1. The lowest BCUT2D eigenvalue weighted by molar-refractivity contribution is -0.497. The minimum absolute atomic E-state index is 0.0624. The second kappa shape index (κ2) is 6.62. The van der Waals surface area contributed by atoms with Gasteiger partial charge in [-0.3, -0.25) is 19.8 Å². The van der Waals surface area contributed by atoms with Crippen LogP contribution in [0.2, 0.25) is 0 Å². The van der Waals surface area contributed by atoms with Gasteiger partial charge in [0.2, 0.25) is 11.9 Å². The molecule has 1 aliphatic heterocycles. The molecule has 0 aromatic heterocycles. The largest absolute Gasteiger partial charge is 0.353 e. The number of likely N-dealkylation sites (tertiary alicyclic amines) is 1. The first-order valence-corrected chi connectivity index (χ1v) is 7.94. The van der Waals surface area contributed by atoms with Gasteiger partial charge >= 0.3 is 0 Å². The molecule has 0 spiro atoms. The number of carbonyl (C=O) groups excluding carboxylic acids is 1. The average molecular weight is 321 g/mol. The number of hydrogen-bond acceptors (Lipinski definition) is 4. The lowest BCUT2D eigenvalue weighted by Gasteiger charge is -2.32. The zero-order valence-corrected chi connectivity index (χ0v) is 12.8. The lowest BCUT2D eigenvalue weighted by Crippen LogP contribution is -2.45. The highest BCUT2D eigenvalue weighted by molar-refractivity contribution is 5.82. The molecule has 2 atom stereocenters. The third kappa shape index (κ3) is 3.85. The highest BCUT2D eigenvalue weighted by Gasteiger charge is 2.53. The van der Waals surface area contributed by atoms with Gasteiger partial charge in [-0.05, 0) is 18.9 Å². The molecule has 2 fully saturated rings.